The van der Waals surface area contributed by atoms with Gasteiger partial charge in [0.1, 0.15) is 5.01 Å². The van der Waals surface area contributed by atoms with Crippen molar-refractivity contribution in [2.75, 3.05) is 0 Å². The molecule has 2 nitrogen and oxygen atoms in total. The quantitative estimate of drug-likeness (QED) is 0.776. The molecule has 0 spiro atoms. The first-order valence-corrected chi connectivity index (χ1v) is 8.30. The third-order valence-electron chi connectivity index (χ3n) is 2.97. The number of thioether (sulfide) groups is 1. The summed E-state index contributed by atoms with van der Waals surface area (Å²) in [5.41, 5.74) is 1.00. The van der Waals surface area contributed by atoms with Crippen LogP contribution in [-0.2, 0) is 12.2 Å². The number of carbonyl (C=O) groups is 1. The van der Waals surface area contributed by atoms with Crippen LogP contribution >= 0.6 is 34.7 Å². The average molecular weight is 310 g/mol. The van der Waals surface area contributed by atoms with Crippen LogP contribution < -0.4 is 0 Å². The molecule has 0 amide bonds. The zero-order valence-corrected chi connectivity index (χ0v) is 12.6. The van der Waals surface area contributed by atoms with Gasteiger partial charge < -0.3 is 0 Å². The molecule has 0 aliphatic heterocycles. The summed E-state index contributed by atoms with van der Waals surface area (Å²) in [5, 5.41) is 1.78. The van der Waals surface area contributed by atoms with E-state index in [1.165, 1.54) is 0 Å². The number of Topliss-reactive ketones (excluding diaryl/α,β-unsaturated/α-hetero) is 1. The highest BCUT2D eigenvalue weighted by Crippen LogP contribution is 2.31. The molecule has 0 bridgehead atoms. The molecule has 98 valence electrons. The van der Waals surface area contributed by atoms with E-state index in [-0.39, 0.29) is 5.78 Å². The summed E-state index contributed by atoms with van der Waals surface area (Å²) in [7, 11) is 0. The lowest BCUT2D eigenvalue weighted by Gasteiger charge is -2.06. The first-order valence-electron chi connectivity index (χ1n) is 6.12. The SMILES string of the molecule is O=C1CCCc2nc(CSc3cccc(Cl)c3)sc21. The van der Waals surface area contributed by atoms with Gasteiger partial charge in [-0.25, -0.2) is 4.98 Å². The molecule has 0 radical (unpaired) electrons. The third kappa shape index (κ3) is 3.02. The van der Waals surface area contributed by atoms with E-state index in [4.69, 9.17) is 11.6 Å². The van der Waals surface area contributed by atoms with E-state index in [0.29, 0.717) is 6.42 Å². The molecule has 1 aliphatic carbocycles. The van der Waals surface area contributed by atoms with Gasteiger partial charge in [0.15, 0.2) is 5.78 Å². The number of hydrogen-bond acceptors (Lipinski definition) is 4. The highest BCUT2D eigenvalue weighted by Gasteiger charge is 2.21. The molecule has 0 saturated carbocycles. The molecule has 3 rings (SSSR count). The molecular formula is C14H12ClNOS2. The first-order chi connectivity index (χ1) is 9.22. The van der Waals surface area contributed by atoms with Gasteiger partial charge in [0.2, 0.25) is 0 Å². The summed E-state index contributed by atoms with van der Waals surface area (Å²) in [6, 6.07) is 7.80. The van der Waals surface area contributed by atoms with Crippen molar-refractivity contribution in [3.63, 3.8) is 0 Å². The Labute approximate surface area is 125 Å². The molecule has 0 atom stereocenters. The lowest BCUT2D eigenvalue weighted by Crippen LogP contribution is -2.07. The molecule has 2 aromatic rings. The number of hydrogen-bond donors (Lipinski definition) is 0. The Kier molecular flexibility index (Phi) is 3.91. The van der Waals surface area contributed by atoms with Crippen molar-refractivity contribution in [1.29, 1.82) is 0 Å². The molecule has 0 unspecified atom stereocenters. The lowest BCUT2D eigenvalue weighted by molar-refractivity contribution is 0.0976. The number of halogens is 1. The van der Waals surface area contributed by atoms with Gasteiger partial charge in [-0.2, -0.15) is 0 Å². The summed E-state index contributed by atoms with van der Waals surface area (Å²) in [4.78, 5) is 18.4. The standard InChI is InChI=1S/C14H12ClNOS2/c15-9-3-1-4-10(7-9)18-8-13-16-11-5-2-6-12(17)14(11)19-13/h1,3-4,7H,2,5-6,8H2. The average Bonchev–Trinajstić information content (AvgIpc) is 2.81. The summed E-state index contributed by atoms with van der Waals surface area (Å²) >= 11 is 9.21. The Hall–Kier alpha value is -0.840. The Morgan fingerprint density at radius 2 is 2.26 bits per heavy atom. The van der Waals surface area contributed by atoms with Crippen LogP contribution in [0.5, 0.6) is 0 Å². The Morgan fingerprint density at radius 3 is 3.05 bits per heavy atom. The van der Waals surface area contributed by atoms with Gasteiger partial charge in [0, 0.05) is 16.3 Å². The predicted molar refractivity (Wildman–Crippen MR) is 80.4 cm³/mol. The maximum atomic E-state index is 11.8. The van der Waals surface area contributed by atoms with Crippen molar-refractivity contribution in [1.82, 2.24) is 4.98 Å². The number of fused-ring (bicyclic) bond motifs is 1. The number of carbonyl (C=O) groups excluding carboxylic acids is 1. The molecule has 5 heteroatoms. The number of ketones is 1. The van der Waals surface area contributed by atoms with Gasteiger partial charge >= 0.3 is 0 Å². The minimum absolute atomic E-state index is 0.262. The van der Waals surface area contributed by atoms with Gasteiger partial charge in [-0.3, -0.25) is 4.79 Å². The summed E-state index contributed by atoms with van der Waals surface area (Å²) in [5.74, 6) is 1.06. The van der Waals surface area contributed by atoms with Gasteiger partial charge in [-0.05, 0) is 31.0 Å². The fourth-order valence-corrected chi connectivity index (χ4v) is 4.36. The van der Waals surface area contributed by atoms with Crippen LogP contribution in [-0.4, -0.2) is 10.8 Å². The third-order valence-corrected chi connectivity index (χ3v) is 5.53. The maximum Gasteiger partial charge on any atom is 0.174 e. The zero-order chi connectivity index (χ0) is 13.2. The van der Waals surface area contributed by atoms with Gasteiger partial charge in [-0.15, -0.1) is 23.1 Å². The zero-order valence-electron chi connectivity index (χ0n) is 10.2. The second-order valence-electron chi connectivity index (χ2n) is 4.41. The van der Waals surface area contributed by atoms with Crippen molar-refractivity contribution >= 4 is 40.5 Å². The molecule has 0 saturated heterocycles. The normalized spacial score (nSPS) is 14.5. The van der Waals surface area contributed by atoms with Crippen LogP contribution in [0.2, 0.25) is 5.02 Å². The number of benzene rings is 1. The first kappa shape index (κ1) is 13.2. The fourth-order valence-electron chi connectivity index (χ4n) is 2.08. The van der Waals surface area contributed by atoms with E-state index >= 15 is 0 Å². The van der Waals surface area contributed by atoms with Gasteiger partial charge in [0.25, 0.3) is 0 Å². The van der Waals surface area contributed by atoms with E-state index in [0.717, 1.165) is 44.1 Å². The van der Waals surface area contributed by atoms with E-state index in [9.17, 15) is 4.79 Å². The monoisotopic (exact) mass is 309 g/mol. The maximum absolute atomic E-state index is 11.8. The second-order valence-corrected chi connectivity index (χ2v) is 6.98. The van der Waals surface area contributed by atoms with Crippen molar-refractivity contribution in [2.24, 2.45) is 0 Å². The molecular weight excluding hydrogens is 298 g/mol. The van der Waals surface area contributed by atoms with Crippen molar-refractivity contribution in [3.8, 4) is 0 Å². The Morgan fingerprint density at radius 1 is 1.37 bits per heavy atom. The van der Waals surface area contributed by atoms with Crippen LogP contribution in [0.3, 0.4) is 0 Å². The number of aryl methyl sites for hydroxylation is 1. The Bertz CT molecular complexity index is 624. The fraction of sp³-hybridized carbons (Fsp3) is 0.286. The molecule has 19 heavy (non-hydrogen) atoms. The van der Waals surface area contributed by atoms with Crippen molar-refractivity contribution in [2.45, 2.75) is 29.9 Å². The van der Waals surface area contributed by atoms with Crippen LogP contribution in [0, 0.1) is 0 Å². The van der Waals surface area contributed by atoms with Gasteiger partial charge in [-0.1, -0.05) is 17.7 Å². The molecule has 1 aromatic carbocycles. The minimum atomic E-state index is 0.262. The molecule has 0 fully saturated rings. The van der Waals surface area contributed by atoms with Crippen LogP contribution in [0.1, 0.15) is 33.2 Å². The largest absolute Gasteiger partial charge is 0.293 e. The van der Waals surface area contributed by atoms with Crippen LogP contribution in [0.4, 0.5) is 0 Å². The Balaban J connectivity index is 1.72. The number of nitrogens with zero attached hydrogens (tertiary/aromatic N) is 1. The lowest BCUT2D eigenvalue weighted by atomic mass is 10.0. The minimum Gasteiger partial charge on any atom is -0.293 e. The number of rotatable bonds is 3. The van der Waals surface area contributed by atoms with Crippen molar-refractivity contribution in [3.05, 3.63) is 44.9 Å². The highest BCUT2D eigenvalue weighted by atomic mass is 35.5. The van der Waals surface area contributed by atoms with E-state index in [2.05, 4.69) is 4.98 Å². The number of thiazole rings is 1. The smallest absolute Gasteiger partial charge is 0.174 e. The second kappa shape index (κ2) is 5.65. The van der Waals surface area contributed by atoms with E-state index < -0.39 is 0 Å². The highest BCUT2D eigenvalue weighted by molar-refractivity contribution is 7.98. The van der Waals surface area contributed by atoms with E-state index in [1.54, 1.807) is 23.1 Å². The topological polar surface area (TPSA) is 30.0 Å². The van der Waals surface area contributed by atoms with Crippen LogP contribution in [0.15, 0.2) is 29.2 Å². The summed E-state index contributed by atoms with van der Waals surface area (Å²) in [6.07, 6.45) is 2.56. The predicted octanol–water partition coefficient (Wildman–Crippen LogP) is 4.61. The molecule has 1 aliphatic rings. The molecule has 0 N–H and O–H groups in total. The summed E-state index contributed by atoms with van der Waals surface area (Å²) in [6.45, 7) is 0. The van der Waals surface area contributed by atoms with Crippen molar-refractivity contribution < 1.29 is 4.79 Å². The molecule has 1 heterocycles. The number of aromatic nitrogens is 1. The molecule has 1 aromatic heterocycles. The van der Waals surface area contributed by atoms with Crippen LogP contribution in [0.25, 0.3) is 0 Å². The summed E-state index contributed by atoms with van der Waals surface area (Å²) < 4.78 is 0. The van der Waals surface area contributed by atoms with Gasteiger partial charge in [0.05, 0.1) is 16.3 Å². The van der Waals surface area contributed by atoms with E-state index in [1.807, 2.05) is 24.3 Å².